The first kappa shape index (κ1) is 20.2. The van der Waals surface area contributed by atoms with Gasteiger partial charge in [0.25, 0.3) is 0 Å². The van der Waals surface area contributed by atoms with E-state index in [2.05, 4.69) is 40.5 Å². The highest BCUT2D eigenvalue weighted by Gasteiger charge is 2.24. The summed E-state index contributed by atoms with van der Waals surface area (Å²) in [4.78, 5) is 9.69. The van der Waals surface area contributed by atoms with Gasteiger partial charge < -0.3 is 24.7 Å². The van der Waals surface area contributed by atoms with Crippen LogP contribution in [0.15, 0.2) is 27.8 Å². The minimum Gasteiger partial charge on any atom is -0.468 e. The van der Waals surface area contributed by atoms with E-state index in [0.717, 1.165) is 57.6 Å². The number of aliphatic imine (C=N–C) groups is 1. The molecule has 2 fully saturated rings. The molecule has 2 atom stereocenters. The summed E-state index contributed by atoms with van der Waals surface area (Å²) in [6.45, 7) is 9.38. The molecule has 7 nitrogen and oxygen atoms in total. The lowest BCUT2D eigenvalue weighted by molar-refractivity contribution is -0.0161. The molecule has 2 aliphatic rings. The number of nitrogens with zero attached hydrogens (tertiary/aromatic N) is 3. The zero-order chi connectivity index (χ0) is 18.9. The largest absolute Gasteiger partial charge is 0.468 e. The second kappa shape index (κ2) is 10.7. The Bertz CT molecular complexity index is 557. The Labute approximate surface area is 163 Å². The van der Waals surface area contributed by atoms with Crippen molar-refractivity contribution in [2.45, 2.75) is 38.3 Å². The van der Waals surface area contributed by atoms with Crippen molar-refractivity contribution in [3.8, 4) is 0 Å². The Morgan fingerprint density at radius 3 is 2.81 bits per heavy atom. The van der Waals surface area contributed by atoms with Gasteiger partial charge >= 0.3 is 0 Å². The Morgan fingerprint density at radius 2 is 2.11 bits per heavy atom. The van der Waals surface area contributed by atoms with Crippen molar-refractivity contribution in [3.05, 3.63) is 24.2 Å². The second-order valence-corrected chi connectivity index (χ2v) is 7.48. The lowest BCUT2D eigenvalue weighted by Gasteiger charge is -2.33. The number of piperidine rings is 1. The maximum Gasteiger partial charge on any atom is 0.191 e. The number of nitrogens with one attached hydrogen (secondary N) is 2. The van der Waals surface area contributed by atoms with Gasteiger partial charge in [-0.1, -0.05) is 6.42 Å². The monoisotopic (exact) mass is 377 g/mol. The number of morpholine rings is 1. The Kier molecular flexibility index (Phi) is 7.98. The van der Waals surface area contributed by atoms with E-state index in [-0.39, 0.29) is 12.1 Å². The number of hydrogen-bond donors (Lipinski definition) is 2. The van der Waals surface area contributed by atoms with Crippen molar-refractivity contribution in [3.63, 3.8) is 0 Å². The van der Waals surface area contributed by atoms with Gasteiger partial charge in [0, 0.05) is 26.2 Å². The molecule has 0 amide bonds. The van der Waals surface area contributed by atoms with Gasteiger partial charge in [-0.15, -0.1) is 0 Å². The average molecular weight is 378 g/mol. The van der Waals surface area contributed by atoms with Crippen LogP contribution in [0.2, 0.25) is 0 Å². The lowest BCUT2D eigenvalue weighted by Crippen LogP contribution is -2.48. The summed E-state index contributed by atoms with van der Waals surface area (Å²) in [6, 6.07) is 4.24. The number of guanidine groups is 1. The quantitative estimate of drug-likeness (QED) is 0.557. The lowest BCUT2D eigenvalue weighted by atomic mass is 10.1. The molecule has 0 bridgehead atoms. The number of hydrogen-bond acceptors (Lipinski definition) is 5. The maximum absolute atomic E-state index is 5.85. The van der Waals surface area contributed by atoms with Gasteiger partial charge in [-0.2, -0.15) is 0 Å². The van der Waals surface area contributed by atoms with Crippen LogP contribution in [0.3, 0.4) is 0 Å². The van der Waals surface area contributed by atoms with Crippen LogP contribution in [0.25, 0.3) is 0 Å². The Hall–Kier alpha value is -1.57. The predicted octanol–water partition coefficient (Wildman–Crippen LogP) is 1.69. The minimum atomic E-state index is 0.202. The van der Waals surface area contributed by atoms with Gasteiger partial charge in [-0.05, 0) is 52.0 Å². The van der Waals surface area contributed by atoms with Crippen LogP contribution in [-0.2, 0) is 4.74 Å². The van der Waals surface area contributed by atoms with Crippen molar-refractivity contribution >= 4 is 5.96 Å². The highest BCUT2D eigenvalue weighted by molar-refractivity contribution is 5.79. The minimum absolute atomic E-state index is 0.202. The third kappa shape index (κ3) is 6.23. The third-order valence-electron chi connectivity index (χ3n) is 5.31. The van der Waals surface area contributed by atoms with Crippen LogP contribution >= 0.6 is 0 Å². The van der Waals surface area contributed by atoms with Crippen LogP contribution in [0.4, 0.5) is 0 Å². The first-order valence-electron chi connectivity index (χ1n) is 10.4. The number of rotatable bonds is 7. The van der Waals surface area contributed by atoms with E-state index < -0.39 is 0 Å². The van der Waals surface area contributed by atoms with Gasteiger partial charge in [0.05, 0.1) is 31.6 Å². The molecule has 0 saturated carbocycles. The van der Waals surface area contributed by atoms with Crippen molar-refractivity contribution < 1.29 is 9.15 Å². The van der Waals surface area contributed by atoms with Crippen molar-refractivity contribution in [2.75, 3.05) is 59.5 Å². The summed E-state index contributed by atoms with van der Waals surface area (Å²) < 4.78 is 11.6. The second-order valence-electron chi connectivity index (χ2n) is 7.48. The molecule has 1 aromatic heterocycles. The van der Waals surface area contributed by atoms with Crippen LogP contribution < -0.4 is 10.6 Å². The van der Waals surface area contributed by atoms with E-state index in [1.54, 1.807) is 6.26 Å². The molecular formula is C20H35N5O2. The Balaban J connectivity index is 1.60. The summed E-state index contributed by atoms with van der Waals surface area (Å²) >= 11 is 0. The van der Waals surface area contributed by atoms with Crippen LogP contribution in [-0.4, -0.2) is 81.3 Å². The fourth-order valence-corrected chi connectivity index (χ4v) is 3.82. The fourth-order valence-electron chi connectivity index (χ4n) is 3.82. The molecule has 3 rings (SSSR count). The zero-order valence-corrected chi connectivity index (χ0v) is 16.8. The molecule has 3 heterocycles. The molecular weight excluding hydrogens is 342 g/mol. The normalized spacial score (nSPS) is 23.9. The predicted molar refractivity (Wildman–Crippen MR) is 108 cm³/mol. The van der Waals surface area contributed by atoms with E-state index in [4.69, 9.17) is 14.1 Å². The molecule has 0 aromatic carbocycles. The molecule has 0 aliphatic carbocycles. The molecule has 2 unspecified atom stereocenters. The third-order valence-corrected chi connectivity index (χ3v) is 5.31. The van der Waals surface area contributed by atoms with E-state index in [1.807, 2.05) is 6.07 Å². The van der Waals surface area contributed by atoms with E-state index in [1.165, 1.54) is 19.3 Å². The molecule has 0 spiro atoms. The molecule has 0 radical (unpaired) electrons. The van der Waals surface area contributed by atoms with Crippen molar-refractivity contribution in [1.29, 1.82) is 0 Å². The first-order valence-corrected chi connectivity index (χ1v) is 10.4. The highest BCUT2D eigenvalue weighted by Crippen LogP contribution is 2.25. The number of likely N-dealkylation sites (tertiary alicyclic amines) is 1. The topological polar surface area (TPSA) is 65.3 Å². The molecule has 27 heavy (non-hydrogen) atoms. The van der Waals surface area contributed by atoms with Crippen LogP contribution in [0, 0.1) is 0 Å². The average Bonchev–Trinajstić information content (AvgIpc) is 3.21. The zero-order valence-electron chi connectivity index (χ0n) is 16.8. The van der Waals surface area contributed by atoms with Crippen LogP contribution in [0.1, 0.15) is 38.0 Å². The van der Waals surface area contributed by atoms with Gasteiger partial charge in [0.2, 0.25) is 0 Å². The molecule has 7 heteroatoms. The van der Waals surface area contributed by atoms with Crippen molar-refractivity contribution in [1.82, 2.24) is 20.4 Å². The molecule has 2 saturated heterocycles. The summed E-state index contributed by atoms with van der Waals surface area (Å²) in [5.74, 6) is 1.86. The molecule has 1 aromatic rings. The summed E-state index contributed by atoms with van der Waals surface area (Å²) in [6.07, 6.45) is 5.80. The number of ether oxygens (including phenoxy) is 1. The SMILES string of the molecule is CCNC(=NCC(c1ccco1)N1CCCCC1)NCC1CN(C)CCO1. The smallest absolute Gasteiger partial charge is 0.191 e. The number of likely N-dealkylation sites (N-methyl/N-ethyl adjacent to an activating group) is 1. The Morgan fingerprint density at radius 1 is 1.26 bits per heavy atom. The van der Waals surface area contributed by atoms with Gasteiger partial charge in [-0.25, -0.2) is 0 Å². The summed E-state index contributed by atoms with van der Waals surface area (Å²) in [5.41, 5.74) is 0. The van der Waals surface area contributed by atoms with E-state index in [9.17, 15) is 0 Å². The van der Waals surface area contributed by atoms with Crippen LogP contribution in [0.5, 0.6) is 0 Å². The van der Waals surface area contributed by atoms with E-state index in [0.29, 0.717) is 6.54 Å². The van der Waals surface area contributed by atoms with E-state index >= 15 is 0 Å². The summed E-state index contributed by atoms with van der Waals surface area (Å²) in [5, 5.41) is 6.81. The number of furan rings is 1. The van der Waals surface area contributed by atoms with Crippen molar-refractivity contribution in [2.24, 2.45) is 4.99 Å². The molecule has 152 valence electrons. The summed E-state index contributed by atoms with van der Waals surface area (Å²) in [7, 11) is 2.14. The van der Waals surface area contributed by atoms with Gasteiger partial charge in [0.15, 0.2) is 5.96 Å². The van der Waals surface area contributed by atoms with Gasteiger partial charge in [0.1, 0.15) is 5.76 Å². The maximum atomic E-state index is 5.85. The molecule has 2 aliphatic heterocycles. The molecule has 2 N–H and O–H groups in total. The highest BCUT2D eigenvalue weighted by atomic mass is 16.5. The fraction of sp³-hybridized carbons (Fsp3) is 0.750. The standard InChI is InChI=1S/C20H35N5O2/c1-3-21-20(22-14-17-16-24(2)11-13-26-17)23-15-18(19-8-7-12-27-19)25-9-5-4-6-10-25/h7-8,12,17-18H,3-6,9-11,13-16H2,1-2H3,(H2,21,22,23). The van der Waals surface area contributed by atoms with Gasteiger partial charge in [-0.3, -0.25) is 9.89 Å². The first-order chi connectivity index (χ1) is 13.3.